The van der Waals surface area contributed by atoms with Crippen molar-refractivity contribution in [2.75, 3.05) is 6.61 Å². The van der Waals surface area contributed by atoms with E-state index in [-0.39, 0.29) is 13.0 Å². The highest BCUT2D eigenvalue weighted by Gasteiger charge is 2.41. The maximum Gasteiger partial charge on any atom is 0.338 e. The van der Waals surface area contributed by atoms with Gasteiger partial charge in [-0.25, -0.2) is 9.59 Å². The predicted molar refractivity (Wildman–Crippen MR) is 151 cm³/mol. The van der Waals surface area contributed by atoms with Crippen molar-refractivity contribution >= 4 is 11.9 Å². The standard InChI is InChI=1S/C32H30N2O7/c1-20-13-15-24(16-14-20)30(36)41-25-17-27(34-18-21(2)29(35)33-32(34)38)40-26(25)19-39-31(37)28(22-9-5-3-6-10-22)23-11-7-4-8-12-23/h3-16,18,25-28H,17,19H2,1-2H3,(H,33,35,38)/t25?,26-,27-/m1/s1. The molecule has 5 rings (SSSR count). The number of rotatable bonds is 8. The minimum Gasteiger partial charge on any atom is -0.462 e. The second-order valence-corrected chi connectivity index (χ2v) is 10.0. The number of carbonyl (C=O) groups is 2. The lowest BCUT2D eigenvalue weighted by molar-refractivity contribution is -0.151. The van der Waals surface area contributed by atoms with Gasteiger partial charge in [-0.2, -0.15) is 0 Å². The van der Waals surface area contributed by atoms with E-state index in [0.717, 1.165) is 16.7 Å². The van der Waals surface area contributed by atoms with Gasteiger partial charge in [-0.15, -0.1) is 0 Å². The average molecular weight is 555 g/mol. The number of H-pyrrole nitrogens is 1. The van der Waals surface area contributed by atoms with Gasteiger partial charge >= 0.3 is 17.6 Å². The first kappa shape index (κ1) is 27.8. The maximum atomic E-state index is 13.5. The first-order valence-corrected chi connectivity index (χ1v) is 13.3. The smallest absolute Gasteiger partial charge is 0.338 e. The fraction of sp³-hybridized carbons (Fsp3) is 0.250. The number of aromatic amines is 1. The molecule has 1 saturated heterocycles. The van der Waals surface area contributed by atoms with Crippen LogP contribution in [0.2, 0.25) is 0 Å². The second-order valence-electron chi connectivity index (χ2n) is 10.0. The van der Waals surface area contributed by atoms with Crippen LogP contribution in [0.1, 0.15) is 51.2 Å². The first-order valence-electron chi connectivity index (χ1n) is 13.3. The summed E-state index contributed by atoms with van der Waals surface area (Å²) in [6.07, 6.45) is -1.01. The fourth-order valence-corrected chi connectivity index (χ4v) is 4.84. The average Bonchev–Trinajstić information content (AvgIpc) is 3.37. The fourth-order valence-electron chi connectivity index (χ4n) is 4.84. The molecule has 1 aliphatic heterocycles. The molecule has 0 radical (unpaired) electrons. The molecule has 1 N–H and O–H groups in total. The van der Waals surface area contributed by atoms with Crippen molar-refractivity contribution in [3.05, 3.63) is 140 Å². The molecule has 0 spiro atoms. The Morgan fingerprint density at radius 1 is 0.927 bits per heavy atom. The normalized spacial score (nSPS) is 18.3. The number of nitrogens with one attached hydrogen (secondary N) is 1. The van der Waals surface area contributed by atoms with Gasteiger partial charge in [0, 0.05) is 18.2 Å². The summed E-state index contributed by atoms with van der Waals surface area (Å²) >= 11 is 0. The molecule has 0 bridgehead atoms. The number of benzene rings is 3. The highest BCUT2D eigenvalue weighted by molar-refractivity contribution is 5.89. The van der Waals surface area contributed by atoms with Crippen molar-refractivity contribution < 1.29 is 23.8 Å². The van der Waals surface area contributed by atoms with Crippen molar-refractivity contribution in [1.82, 2.24) is 9.55 Å². The highest BCUT2D eigenvalue weighted by Crippen LogP contribution is 2.32. The molecule has 4 aromatic rings. The maximum absolute atomic E-state index is 13.5. The highest BCUT2D eigenvalue weighted by atomic mass is 16.6. The van der Waals surface area contributed by atoms with Gasteiger partial charge in [0.1, 0.15) is 31.0 Å². The molecular formula is C32H30N2O7. The Bertz CT molecular complexity index is 1590. The minimum absolute atomic E-state index is 0.117. The van der Waals surface area contributed by atoms with E-state index >= 15 is 0 Å². The zero-order chi connectivity index (χ0) is 28.9. The summed E-state index contributed by atoms with van der Waals surface area (Å²) in [6.45, 7) is 3.27. The van der Waals surface area contributed by atoms with E-state index in [1.165, 1.54) is 10.8 Å². The summed E-state index contributed by atoms with van der Waals surface area (Å²) in [5.41, 5.74) is 2.07. The van der Waals surface area contributed by atoms with Crippen LogP contribution in [0.5, 0.6) is 0 Å². The van der Waals surface area contributed by atoms with Gasteiger partial charge in [-0.3, -0.25) is 19.1 Å². The van der Waals surface area contributed by atoms with Crippen LogP contribution in [0.15, 0.2) is 101 Å². The van der Waals surface area contributed by atoms with Crippen LogP contribution in [0.25, 0.3) is 0 Å². The summed E-state index contributed by atoms with van der Waals surface area (Å²) in [7, 11) is 0. The third-order valence-electron chi connectivity index (χ3n) is 7.07. The molecule has 1 aromatic heterocycles. The number of esters is 2. The van der Waals surface area contributed by atoms with Crippen molar-refractivity contribution in [1.29, 1.82) is 0 Å². The number of aryl methyl sites for hydroxylation is 2. The van der Waals surface area contributed by atoms with E-state index in [0.29, 0.717) is 11.1 Å². The molecule has 2 heterocycles. The molecule has 1 unspecified atom stereocenters. The third-order valence-corrected chi connectivity index (χ3v) is 7.07. The minimum atomic E-state index is -0.857. The number of ether oxygens (including phenoxy) is 3. The number of hydrogen-bond donors (Lipinski definition) is 1. The molecule has 0 aliphatic carbocycles. The van der Waals surface area contributed by atoms with Gasteiger partial charge in [0.2, 0.25) is 0 Å². The molecule has 41 heavy (non-hydrogen) atoms. The summed E-state index contributed by atoms with van der Waals surface area (Å²) in [6, 6.07) is 25.5. The first-order chi connectivity index (χ1) is 19.8. The van der Waals surface area contributed by atoms with Crippen molar-refractivity contribution in [2.45, 2.75) is 44.6 Å². The van der Waals surface area contributed by atoms with Crippen LogP contribution in [-0.4, -0.2) is 40.3 Å². The van der Waals surface area contributed by atoms with Gasteiger partial charge in [0.05, 0.1) is 5.56 Å². The van der Waals surface area contributed by atoms with Crippen LogP contribution < -0.4 is 11.2 Å². The number of aromatic nitrogens is 2. The van der Waals surface area contributed by atoms with Crippen LogP contribution >= 0.6 is 0 Å². The Morgan fingerprint density at radius 3 is 2.15 bits per heavy atom. The Hall–Kier alpha value is -4.76. The molecule has 3 atom stereocenters. The van der Waals surface area contributed by atoms with Gasteiger partial charge in [0.15, 0.2) is 0 Å². The quantitative estimate of drug-likeness (QED) is 0.327. The van der Waals surface area contributed by atoms with Gasteiger partial charge in [0.25, 0.3) is 5.56 Å². The van der Waals surface area contributed by atoms with E-state index in [2.05, 4.69) is 4.98 Å². The van der Waals surface area contributed by atoms with Crippen molar-refractivity contribution in [2.24, 2.45) is 0 Å². The summed E-state index contributed by atoms with van der Waals surface area (Å²) in [5, 5.41) is 0. The van der Waals surface area contributed by atoms with Crippen LogP contribution in [0, 0.1) is 13.8 Å². The van der Waals surface area contributed by atoms with E-state index in [1.54, 1.807) is 31.2 Å². The number of carbonyl (C=O) groups excluding carboxylic acids is 2. The molecule has 210 valence electrons. The Morgan fingerprint density at radius 2 is 1.54 bits per heavy atom. The van der Waals surface area contributed by atoms with Gasteiger partial charge in [-0.05, 0) is 37.1 Å². The Kier molecular flexibility index (Phi) is 8.26. The van der Waals surface area contributed by atoms with Crippen molar-refractivity contribution in [3.63, 3.8) is 0 Å². The topological polar surface area (TPSA) is 117 Å². The summed E-state index contributed by atoms with van der Waals surface area (Å²) in [5.74, 6) is -1.73. The predicted octanol–water partition coefficient (Wildman–Crippen LogP) is 4.04. The van der Waals surface area contributed by atoms with Crippen LogP contribution in [0.4, 0.5) is 0 Å². The lowest BCUT2D eigenvalue weighted by Gasteiger charge is -2.21. The van der Waals surface area contributed by atoms with Gasteiger partial charge in [-0.1, -0.05) is 78.4 Å². The molecule has 9 nitrogen and oxygen atoms in total. The van der Waals surface area contributed by atoms with Gasteiger partial charge < -0.3 is 14.2 Å². The lowest BCUT2D eigenvalue weighted by Crippen LogP contribution is -2.34. The number of hydrogen-bond acceptors (Lipinski definition) is 7. The molecule has 9 heteroatoms. The van der Waals surface area contributed by atoms with E-state index in [1.807, 2.05) is 67.6 Å². The Balaban J connectivity index is 1.38. The zero-order valence-corrected chi connectivity index (χ0v) is 22.7. The lowest BCUT2D eigenvalue weighted by atomic mass is 9.91. The third kappa shape index (κ3) is 6.36. The van der Waals surface area contributed by atoms with E-state index < -0.39 is 47.5 Å². The van der Waals surface area contributed by atoms with E-state index in [9.17, 15) is 19.2 Å². The monoisotopic (exact) mass is 554 g/mol. The number of nitrogens with zero attached hydrogens (tertiary/aromatic N) is 1. The second kappa shape index (κ2) is 12.2. The molecular weight excluding hydrogens is 524 g/mol. The van der Waals surface area contributed by atoms with Crippen LogP contribution in [0.3, 0.4) is 0 Å². The largest absolute Gasteiger partial charge is 0.462 e. The summed E-state index contributed by atoms with van der Waals surface area (Å²) < 4.78 is 19.0. The molecule has 1 aliphatic rings. The molecule has 0 saturated carbocycles. The molecule has 0 amide bonds. The zero-order valence-electron chi connectivity index (χ0n) is 22.7. The van der Waals surface area contributed by atoms with E-state index in [4.69, 9.17) is 14.2 Å². The SMILES string of the molecule is Cc1ccc(C(=O)OC2C[C@H](n3cc(C)c(=O)[nH]c3=O)O[C@@H]2COC(=O)C(c2ccccc2)c2ccccc2)cc1. The molecule has 3 aromatic carbocycles. The van der Waals surface area contributed by atoms with Crippen molar-refractivity contribution in [3.8, 4) is 0 Å². The Labute approximate surface area is 236 Å². The summed E-state index contributed by atoms with van der Waals surface area (Å²) in [4.78, 5) is 53.2. The van der Waals surface area contributed by atoms with Crippen LogP contribution in [-0.2, 0) is 19.0 Å². The molecule has 1 fully saturated rings.